The molecule has 0 radical (unpaired) electrons. The van der Waals surface area contributed by atoms with Crippen LogP contribution in [0.25, 0.3) is 0 Å². The lowest BCUT2D eigenvalue weighted by Crippen LogP contribution is -2.12. The fraction of sp³-hybridized carbons (Fsp3) is 0.214. The third-order valence-corrected chi connectivity index (χ3v) is 4.29. The van der Waals surface area contributed by atoms with Gasteiger partial charge in [0.25, 0.3) is 0 Å². The van der Waals surface area contributed by atoms with Crippen LogP contribution in [-0.2, 0) is 16.0 Å². The molecule has 1 heterocycles. The van der Waals surface area contributed by atoms with Gasteiger partial charge in [-0.2, -0.15) is 0 Å². The minimum atomic E-state index is -0.933. The van der Waals surface area contributed by atoms with Gasteiger partial charge in [-0.1, -0.05) is 18.2 Å². The van der Waals surface area contributed by atoms with Crippen molar-refractivity contribution in [3.05, 3.63) is 41.4 Å². The number of anilines is 1. The highest BCUT2D eigenvalue weighted by Crippen LogP contribution is 2.19. The second-order valence-corrected chi connectivity index (χ2v) is 6.20. The molecular formula is C14H14N2O3S2. The van der Waals surface area contributed by atoms with Gasteiger partial charge < -0.3 is 10.4 Å². The maximum absolute atomic E-state index is 11.8. The summed E-state index contributed by atoms with van der Waals surface area (Å²) in [6, 6.07) is 9.88. The van der Waals surface area contributed by atoms with Crippen molar-refractivity contribution in [2.24, 2.45) is 0 Å². The highest BCUT2D eigenvalue weighted by Gasteiger charge is 2.09. The predicted molar refractivity (Wildman–Crippen MR) is 83.9 cm³/mol. The average Bonchev–Trinajstić information content (AvgIpc) is 2.86. The molecule has 0 fully saturated rings. The van der Waals surface area contributed by atoms with Gasteiger partial charge >= 0.3 is 5.97 Å². The molecule has 0 aliphatic rings. The zero-order valence-corrected chi connectivity index (χ0v) is 12.7. The molecule has 0 atom stereocenters. The molecule has 5 nitrogen and oxygen atoms in total. The molecule has 2 N–H and O–H groups in total. The molecule has 21 heavy (non-hydrogen) atoms. The number of amides is 1. The highest BCUT2D eigenvalue weighted by molar-refractivity contribution is 7.99. The number of carbonyl (C=O) groups excluding carboxylic acids is 1. The Kier molecular flexibility index (Phi) is 5.77. The Morgan fingerprint density at radius 1 is 1.29 bits per heavy atom. The summed E-state index contributed by atoms with van der Waals surface area (Å²) >= 11 is 2.85. The minimum Gasteiger partial charge on any atom is -0.481 e. The molecule has 0 unspecified atom stereocenters. The molecule has 0 aliphatic heterocycles. The second kappa shape index (κ2) is 7.80. The van der Waals surface area contributed by atoms with E-state index in [0.717, 1.165) is 4.90 Å². The standard InChI is InChI=1S/C14H14N2O3S2/c17-12(6-7-20-11-4-2-1-3-5-11)16-14-15-10(9-21-14)8-13(18)19/h1-5,9H,6-8H2,(H,18,19)(H,15,16,17). The molecule has 7 heteroatoms. The van der Waals surface area contributed by atoms with Crippen LogP contribution in [0.1, 0.15) is 12.1 Å². The van der Waals surface area contributed by atoms with Crippen LogP contribution in [0.2, 0.25) is 0 Å². The minimum absolute atomic E-state index is 0.116. The van der Waals surface area contributed by atoms with Crippen LogP contribution in [0.4, 0.5) is 5.13 Å². The summed E-state index contributed by atoms with van der Waals surface area (Å²) in [5.41, 5.74) is 0.460. The Labute approximate surface area is 130 Å². The number of aromatic nitrogens is 1. The summed E-state index contributed by atoms with van der Waals surface area (Å²) in [7, 11) is 0. The van der Waals surface area contributed by atoms with Crippen molar-refractivity contribution in [1.29, 1.82) is 0 Å². The summed E-state index contributed by atoms with van der Waals surface area (Å²) < 4.78 is 0. The van der Waals surface area contributed by atoms with E-state index in [1.54, 1.807) is 17.1 Å². The van der Waals surface area contributed by atoms with E-state index in [9.17, 15) is 9.59 Å². The van der Waals surface area contributed by atoms with Crippen molar-refractivity contribution >= 4 is 40.1 Å². The lowest BCUT2D eigenvalue weighted by Gasteiger charge is -2.02. The first-order chi connectivity index (χ1) is 10.1. The van der Waals surface area contributed by atoms with Crippen molar-refractivity contribution in [1.82, 2.24) is 4.98 Å². The summed E-state index contributed by atoms with van der Waals surface area (Å²) in [4.78, 5) is 27.5. The largest absolute Gasteiger partial charge is 0.481 e. The molecule has 1 amide bonds. The van der Waals surface area contributed by atoms with Gasteiger partial charge in [0, 0.05) is 22.4 Å². The second-order valence-electron chi connectivity index (χ2n) is 4.17. The van der Waals surface area contributed by atoms with Gasteiger partial charge in [0.1, 0.15) is 0 Å². The van der Waals surface area contributed by atoms with E-state index in [2.05, 4.69) is 10.3 Å². The van der Waals surface area contributed by atoms with E-state index in [1.807, 2.05) is 30.3 Å². The number of benzene rings is 1. The topological polar surface area (TPSA) is 79.3 Å². The first kappa shape index (κ1) is 15.5. The summed E-state index contributed by atoms with van der Waals surface area (Å²) in [6.07, 6.45) is 0.254. The number of carboxylic acids is 1. The van der Waals surface area contributed by atoms with Crippen molar-refractivity contribution in [3.8, 4) is 0 Å². The fourth-order valence-corrected chi connectivity index (χ4v) is 3.16. The molecular weight excluding hydrogens is 308 g/mol. The SMILES string of the molecule is O=C(O)Cc1csc(NC(=O)CCSc2ccccc2)n1. The number of nitrogens with zero attached hydrogens (tertiary/aromatic N) is 1. The van der Waals surface area contributed by atoms with Crippen LogP contribution in [0.5, 0.6) is 0 Å². The Balaban J connectivity index is 1.74. The van der Waals surface area contributed by atoms with E-state index in [4.69, 9.17) is 5.11 Å². The Morgan fingerprint density at radius 3 is 2.76 bits per heavy atom. The molecule has 1 aromatic heterocycles. The number of rotatable bonds is 7. The van der Waals surface area contributed by atoms with E-state index >= 15 is 0 Å². The molecule has 2 aromatic rings. The molecule has 0 spiro atoms. The van der Waals surface area contributed by atoms with Gasteiger partial charge in [-0.15, -0.1) is 23.1 Å². The number of nitrogens with one attached hydrogen (secondary N) is 1. The third kappa shape index (κ3) is 5.57. The van der Waals surface area contributed by atoms with Crippen molar-refractivity contribution in [3.63, 3.8) is 0 Å². The zero-order valence-electron chi connectivity index (χ0n) is 11.1. The number of carbonyl (C=O) groups is 2. The highest BCUT2D eigenvalue weighted by atomic mass is 32.2. The van der Waals surface area contributed by atoms with Crippen molar-refractivity contribution < 1.29 is 14.7 Å². The molecule has 1 aromatic carbocycles. The smallest absolute Gasteiger partial charge is 0.309 e. The monoisotopic (exact) mass is 322 g/mol. The van der Waals surface area contributed by atoms with Crippen LogP contribution in [0.15, 0.2) is 40.6 Å². The summed E-state index contributed by atoms with van der Waals surface area (Å²) in [6.45, 7) is 0. The molecule has 0 aliphatic carbocycles. The summed E-state index contributed by atoms with van der Waals surface area (Å²) in [5.74, 6) is -0.365. The Bertz CT molecular complexity index is 614. The molecule has 0 saturated carbocycles. The van der Waals surface area contributed by atoms with Crippen LogP contribution < -0.4 is 5.32 Å². The van der Waals surface area contributed by atoms with Crippen LogP contribution in [-0.4, -0.2) is 27.7 Å². The number of carboxylic acid groups (broad SMARTS) is 1. The number of thioether (sulfide) groups is 1. The molecule has 0 saturated heterocycles. The van der Waals surface area contributed by atoms with Gasteiger partial charge in [-0.05, 0) is 12.1 Å². The first-order valence-electron chi connectivity index (χ1n) is 6.27. The number of thiazole rings is 1. The van der Waals surface area contributed by atoms with Gasteiger partial charge in [0.2, 0.25) is 5.91 Å². The fourth-order valence-electron chi connectivity index (χ4n) is 1.56. The lowest BCUT2D eigenvalue weighted by molar-refractivity contribution is -0.136. The van der Waals surface area contributed by atoms with Gasteiger partial charge in [-0.25, -0.2) is 4.98 Å². The maximum atomic E-state index is 11.8. The molecule has 110 valence electrons. The number of aliphatic carboxylic acids is 1. The van der Waals surface area contributed by atoms with E-state index in [0.29, 0.717) is 23.0 Å². The van der Waals surface area contributed by atoms with Crippen LogP contribution in [0.3, 0.4) is 0 Å². The Morgan fingerprint density at radius 2 is 2.05 bits per heavy atom. The average molecular weight is 322 g/mol. The molecule has 0 bridgehead atoms. The van der Waals surface area contributed by atoms with E-state index in [-0.39, 0.29) is 12.3 Å². The quantitative estimate of drug-likeness (QED) is 0.766. The lowest BCUT2D eigenvalue weighted by atomic mass is 10.3. The van der Waals surface area contributed by atoms with Crippen molar-refractivity contribution in [2.75, 3.05) is 11.1 Å². The van der Waals surface area contributed by atoms with Gasteiger partial charge in [-0.3, -0.25) is 9.59 Å². The Hall–Kier alpha value is -1.86. The van der Waals surface area contributed by atoms with Crippen LogP contribution >= 0.6 is 23.1 Å². The predicted octanol–water partition coefficient (Wildman–Crippen LogP) is 2.89. The van der Waals surface area contributed by atoms with Crippen molar-refractivity contribution in [2.45, 2.75) is 17.7 Å². The van der Waals surface area contributed by atoms with Crippen LogP contribution in [0, 0.1) is 0 Å². The molecule has 2 rings (SSSR count). The van der Waals surface area contributed by atoms with E-state index < -0.39 is 5.97 Å². The van der Waals surface area contributed by atoms with Gasteiger partial charge in [0.05, 0.1) is 12.1 Å². The zero-order chi connectivity index (χ0) is 15.1. The summed E-state index contributed by atoms with van der Waals surface area (Å²) in [5, 5.41) is 13.4. The third-order valence-electron chi connectivity index (χ3n) is 2.47. The van der Waals surface area contributed by atoms with E-state index in [1.165, 1.54) is 11.3 Å². The number of hydrogen-bond acceptors (Lipinski definition) is 5. The first-order valence-corrected chi connectivity index (χ1v) is 8.14. The number of hydrogen-bond donors (Lipinski definition) is 2. The maximum Gasteiger partial charge on any atom is 0.309 e. The van der Waals surface area contributed by atoms with Gasteiger partial charge in [0.15, 0.2) is 5.13 Å². The normalized spacial score (nSPS) is 10.3.